The lowest BCUT2D eigenvalue weighted by atomic mass is 10.2. The monoisotopic (exact) mass is 249 g/mol. The summed E-state index contributed by atoms with van der Waals surface area (Å²) in [6, 6.07) is 7.08. The second kappa shape index (κ2) is 4.59. The fourth-order valence-electron chi connectivity index (χ4n) is 1.45. The van der Waals surface area contributed by atoms with E-state index >= 15 is 0 Å². The largest absolute Gasteiger partial charge is 0.319 e. The minimum atomic E-state index is -0.264. The number of hydrogen-bond acceptors (Lipinski definition) is 2. The molecule has 0 bridgehead atoms. The highest BCUT2D eigenvalue weighted by atomic mass is 35.5. The van der Waals surface area contributed by atoms with E-state index in [9.17, 15) is 4.79 Å². The summed E-state index contributed by atoms with van der Waals surface area (Å²) in [6.07, 6.45) is 0. The maximum atomic E-state index is 11.9. The molecular weight excluding hydrogens is 238 g/mol. The van der Waals surface area contributed by atoms with Crippen LogP contribution >= 0.6 is 11.6 Å². The summed E-state index contributed by atoms with van der Waals surface area (Å²) in [5, 5.41) is 9.97. The predicted octanol–water partition coefficient (Wildman–Crippen LogP) is 2.93. The van der Waals surface area contributed by atoms with Gasteiger partial charge in [0, 0.05) is 11.3 Å². The number of halogens is 1. The number of H-pyrrole nitrogens is 1. The van der Waals surface area contributed by atoms with Gasteiger partial charge in [0.15, 0.2) is 5.69 Å². The number of anilines is 1. The van der Waals surface area contributed by atoms with Gasteiger partial charge in [-0.3, -0.25) is 9.89 Å². The van der Waals surface area contributed by atoms with Crippen LogP contribution in [0.2, 0.25) is 5.02 Å². The van der Waals surface area contributed by atoms with Crippen LogP contribution in [-0.2, 0) is 0 Å². The fraction of sp³-hybridized carbons (Fsp3) is 0.167. The molecule has 0 saturated heterocycles. The van der Waals surface area contributed by atoms with Gasteiger partial charge >= 0.3 is 0 Å². The van der Waals surface area contributed by atoms with E-state index in [4.69, 9.17) is 11.6 Å². The van der Waals surface area contributed by atoms with Gasteiger partial charge in [-0.05, 0) is 26.0 Å². The zero-order chi connectivity index (χ0) is 12.4. The normalized spacial score (nSPS) is 10.3. The lowest BCUT2D eigenvalue weighted by Crippen LogP contribution is -2.13. The second-order valence-electron chi connectivity index (χ2n) is 3.76. The van der Waals surface area contributed by atoms with Gasteiger partial charge in [-0.25, -0.2) is 0 Å². The van der Waals surface area contributed by atoms with E-state index in [1.54, 1.807) is 12.1 Å². The first-order valence-electron chi connectivity index (χ1n) is 5.17. The molecule has 0 aliphatic heterocycles. The van der Waals surface area contributed by atoms with Gasteiger partial charge in [0.25, 0.3) is 5.91 Å². The lowest BCUT2D eigenvalue weighted by molar-refractivity contribution is 0.102. The summed E-state index contributed by atoms with van der Waals surface area (Å²) in [5.74, 6) is -0.264. The van der Waals surface area contributed by atoms with Crippen molar-refractivity contribution in [3.05, 3.63) is 46.2 Å². The van der Waals surface area contributed by atoms with Crippen molar-refractivity contribution in [1.29, 1.82) is 0 Å². The summed E-state index contributed by atoms with van der Waals surface area (Å²) >= 11 is 5.96. The number of rotatable bonds is 2. The maximum Gasteiger partial charge on any atom is 0.276 e. The van der Waals surface area contributed by atoms with Crippen LogP contribution in [0.4, 0.5) is 5.69 Å². The Hall–Kier alpha value is -1.81. The first-order valence-corrected chi connectivity index (χ1v) is 5.55. The number of aromatic nitrogens is 2. The van der Waals surface area contributed by atoms with Crippen molar-refractivity contribution >= 4 is 23.2 Å². The van der Waals surface area contributed by atoms with Gasteiger partial charge in [0.1, 0.15) is 0 Å². The highest BCUT2D eigenvalue weighted by Crippen LogP contribution is 2.21. The Morgan fingerprint density at radius 3 is 2.65 bits per heavy atom. The Morgan fingerprint density at radius 1 is 1.35 bits per heavy atom. The van der Waals surface area contributed by atoms with Crippen LogP contribution in [-0.4, -0.2) is 16.1 Å². The molecule has 1 aromatic carbocycles. The van der Waals surface area contributed by atoms with Crippen LogP contribution in [0.5, 0.6) is 0 Å². The van der Waals surface area contributed by atoms with Crippen molar-refractivity contribution in [2.24, 2.45) is 0 Å². The van der Waals surface area contributed by atoms with Crippen molar-refractivity contribution in [3.63, 3.8) is 0 Å². The molecule has 2 rings (SSSR count). The van der Waals surface area contributed by atoms with Gasteiger partial charge in [0.2, 0.25) is 0 Å². The third-order valence-corrected chi connectivity index (χ3v) is 2.92. The lowest BCUT2D eigenvalue weighted by Gasteiger charge is -2.05. The zero-order valence-corrected chi connectivity index (χ0v) is 10.3. The number of nitrogens with zero attached hydrogens (tertiary/aromatic N) is 1. The zero-order valence-electron chi connectivity index (χ0n) is 9.54. The highest BCUT2D eigenvalue weighted by Gasteiger charge is 2.15. The molecule has 1 amide bonds. The number of benzene rings is 1. The summed E-state index contributed by atoms with van der Waals surface area (Å²) in [7, 11) is 0. The van der Waals surface area contributed by atoms with E-state index in [0.29, 0.717) is 16.4 Å². The summed E-state index contributed by atoms with van der Waals surface area (Å²) in [6.45, 7) is 3.72. The number of carbonyl (C=O) groups excluding carboxylic acids is 1. The average Bonchev–Trinajstić information content (AvgIpc) is 2.63. The summed E-state index contributed by atoms with van der Waals surface area (Å²) in [4.78, 5) is 11.9. The number of para-hydroxylation sites is 1. The second-order valence-corrected chi connectivity index (χ2v) is 4.16. The molecule has 17 heavy (non-hydrogen) atoms. The number of aromatic amines is 1. The number of aryl methyl sites for hydroxylation is 1. The average molecular weight is 250 g/mol. The quantitative estimate of drug-likeness (QED) is 0.860. The van der Waals surface area contributed by atoms with Crippen LogP contribution in [0.15, 0.2) is 24.3 Å². The fourth-order valence-corrected chi connectivity index (χ4v) is 1.63. The molecule has 0 aliphatic carbocycles. The third-order valence-electron chi connectivity index (χ3n) is 2.59. The number of nitrogens with one attached hydrogen (secondary N) is 2. The maximum absolute atomic E-state index is 11.9. The van der Waals surface area contributed by atoms with Crippen molar-refractivity contribution in [3.8, 4) is 0 Å². The molecule has 88 valence electrons. The molecule has 2 N–H and O–H groups in total. The van der Waals surface area contributed by atoms with E-state index in [1.807, 2.05) is 26.0 Å². The first kappa shape index (κ1) is 11.7. The Morgan fingerprint density at radius 2 is 2.06 bits per heavy atom. The Kier molecular flexibility index (Phi) is 3.15. The van der Waals surface area contributed by atoms with E-state index < -0.39 is 0 Å². The molecule has 0 spiro atoms. The molecule has 0 saturated carbocycles. The summed E-state index contributed by atoms with van der Waals surface area (Å²) in [5.41, 5.74) is 2.70. The molecule has 0 fully saturated rings. The number of carbonyl (C=O) groups is 1. The minimum Gasteiger partial charge on any atom is -0.319 e. The van der Waals surface area contributed by atoms with E-state index in [2.05, 4.69) is 15.5 Å². The molecule has 0 unspecified atom stereocenters. The van der Waals surface area contributed by atoms with Crippen molar-refractivity contribution < 1.29 is 4.79 Å². The Labute approximate surface area is 104 Å². The van der Waals surface area contributed by atoms with Gasteiger partial charge < -0.3 is 5.32 Å². The van der Waals surface area contributed by atoms with Crippen LogP contribution in [0, 0.1) is 13.8 Å². The molecule has 0 atom stereocenters. The smallest absolute Gasteiger partial charge is 0.276 e. The number of hydrogen-bond donors (Lipinski definition) is 2. The molecule has 4 nitrogen and oxygen atoms in total. The molecule has 2 aromatic rings. The molecular formula is C12H12ClN3O. The first-order chi connectivity index (χ1) is 8.09. The van der Waals surface area contributed by atoms with E-state index in [1.165, 1.54) is 0 Å². The topological polar surface area (TPSA) is 57.8 Å². The SMILES string of the molecule is Cc1[nH]nc(C(=O)Nc2ccccc2Cl)c1C. The molecule has 1 aromatic heterocycles. The van der Waals surface area contributed by atoms with Gasteiger partial charge in [0.05, 0.1) is 10.7 Å². The molecule has 0 radical (unpaired) electrons. The summed E-state index contributed by atoms with van der Waals surface area (Å²) < 4.78 is 0. The van der Waals surface area contributed by atoms with Crippen LogP contribution in [0.3, 0.4) is 0 Å². The third kappa shape index (κ3) is 2.31. The van der Waals surface area contributed by atoms with E-state index in [0.717, 1.165) is 11.3 Å². The van der Waals surface area contributed by atoms with E-state index in [-0.39, 0.29) is 5.91 Å². The van der Waals surface area contributed by atoms with Crippen molar-refractivity contribution in [1.82, 2.24) is 10.2 Å². The van der Waals surface area contributed by atoms with Crippen LogP contribution in [0.1, 0.15) is 21.7 Å². The van der Waals surface area contributed by atoms with Crippen LogP contribution < -0.4 is 5.32 Å². The number of amides is 1. The molecule has 1 heterocycles. The van der Waals surface area contributed by atoms with Crippen LogP contribution in [0.25, 0.3) is 0 Å². The standard InChI is InChI=1S/C12H12ClN3O/c1-7-8(2)15-16-11(7)12(17)14-10-6-4-3-5-9(10)13/h3-6H,1-2H3,(H,14,17)(H,15,16). The van der Waals surface area contributed by atoms with Gasteiger partial charge in [-0.15, -0.1) is 0 Å². The Bertz CT molecular complexity index is 563. The van der Waals surface area contributed by atoms with Crippen molar-refractivity contribution in [2.45, 2.75) is 13.8 Å². The Balaban J connectivity index is 2.23. The van der Waals surface area contributed by atoms with Gasteiger partial charge in [-0.2, -0.15) is 5.10 Å². The molecule has 0 aliphatic rings. The predicted molar refractivity (Wildman–Crippen MR) is 67.5 cm³/mol. The van der Waals surface area contributed by atoms with Crippen molar-refractivity contribution in [2.75, 3.05) is 5.32 Å². The molecule has 5 heteroatoms. The van der Waals surface area contributed by atoms with Gasteiger partial charge in [-0.1, -0.05) is 23.7 Å². The minimum absolute atomic E-state index is 0.264. The highest BCUT2D eigenvalue weighted by molar-refractivity contribution is 6.33.